The van der Waals surface area contributed by atoms with Crippen LogP contribution < -0.4 is 15.9 Å². The van der Waals surface area contributed by atoms with Gasteiger partial charge in [-0.1, -0.05) is 103 Å². The van der Waals surface area contributed by atoms with Crippen LogP contribution in [0.3, 0.4) is 0 Å². The maximum atomic E-state index is 12.7. The molecule has 0 saturated carbocycles. The Bertz CT molecular complexity index is 803. The second-order valence-electron chi connectivity index (χ2n) is 5.84. The van der Waals surface area contributed by atoms with Crippen molar-refractivity contribution < 1.29 is 9.53 Å². The third-order valence-electron chi connectivity index (χ3n) is 4.07. The maximum Gasteiger partial charge on any atom is 0.333 e. The molecule has 0 aliphatic carbocycles. The van der Waals surface area contributed by atoms with Crippen molar-refractivity contribution in [2.24, 2.45) is 0 Å². The van der Waals surface area contributed by atoms with Gasteiger partial charge >= 0.3 is 5.97 Å². The van der Waals surface area contributed by atoms with E-state index >= 15 is 0 Å². The van der Waals surface area contributed by atoms with Gasteiger partial charge in [-0.2, -0.15) is 0 Å². The first-order valence-electron chi connectivity index (χ1n) is 8.39. The smallest absolute Gasteiger partial charge is 0.333 e. The monoisotopic (exact) mass is 382 g/mol. The average molecular weight is 383 g/mol. The molecule has 1 atom stereocenters. The maximum absolute atomic E-state index is 12.7. The van der Waals surface area contributed by atoms with Gasteiger partial charge in [0.2, 0.25) is 0 Å². The summed E-state index contributed by atoms with van der Waals surface area (Å²) in [6.45, 7) is -0.684. The summed E-state index contributed by atoms with van der Waals surface area (Å²) in [6, 6.07) is 30.4. The Morgan fingerprint density at radius 2 is 1.15 bits per heavy atom. The summed E-state index contributed by atoms with van der Waals surface area (Å²) in [7, 11) is 0. The van der Waals surface area contributed by atoms with Crippen molar-refractivity contribution in [2.45, 2.75) is 12.5 Å². The van der Waals surface area contributed by atoms with Gasteiger partial charge in [0.1, 0.15) is 0 Å². The zero-order valence-electron chi connectivity index (χ0n) is 14.5. The van der Waals surface area contributed by atoms with E-state index in [4.69, 9.17) is 16.3 Å². The second-order valence-corrected chi connectivity index (χ2v) is 9.71. The van der Waals surface area contributed by atoms with Gasteiger partial charge in [0.15, 0.2) is 5.56 Å². The van der Waals surface area contributed by atoms with Crippen LogP contribution in [0, 0.1) is 0 Å². The lowest BCUT2D eigenvalue weighted by molar-refractivity contribution is -0.135. The first-order chi connectivity index (χ1) is 12.6. The molecule has 3 rings (SSSR count). The van der Waals surface area contributed by atoms with Crippen molar-refractivity contribution in [2.75, 3.05) is 0 Å². The van der Waals surface area contributed by atoms with Crippen LogP contribution in [-0.2, 0) is 9.53 Å². The van der Waals surface area contributed by atoms with E-state index in [0.29, 0.717) is 0 Å². The molecule has 0 heterocycles. The molecule has 3 aromatic rings. The molecular formula is C22H20ClO2P. The van der Waals surface area contributed by atoms with E-state index in [1.165, 1.54) is 0 Å². The summed E-state index contributed by atoms with van der Waals surface area (Å²) in [4.78, 5) is 12.7. The zero-order valence-corrected chi connectivity index (χ0v) is 16.1. The molecule has 0 spiro atoms. The number of alkyl halides is 1. The molecule has 3 aromatic carbocycles. The number of esters is 1. The largest absolute Gasteiger partial charge is 0.443 e. The average Bonchev–Trinajstić information content (AvgIpc) is 2.67. The number of rotatable bonds is 5. The molecule has 0 bridgehead atoms. The third-order valence-corrected chi connectivity index (χ3v) is 8.09. The molecule has 132 valence electrons. The summed E-state index contributed by atoms with van der Waals surface area (Å²) >= 11 is 5.89. The summed E-state index contributed by atoms with van der Waals surface area (Å²) in [5.41, 5.74) is -0.678. The molecular weight excluding hydrogens is 363 g/mol. The number of carbonyl (C=O) groups is 1. The minimum absolute atomic E-state index is 0.405. The van der Waals surface area contributed by atoms with E-state index in [1.54, 1.807) is 12.7 Å². The van der Waals surface area contributed by atoms with Gasteiger partial charge in [0, 0.05) is 5.80 Å². The highest BCUT2D eigenvalue weighted by molar-refractivity contribution is 7.95. The second kappa shape index (κ2) is 8.40. The van der Waals surface area contributed by atoms with Crippen molar-refractivity contribution in [1.82, 2.24) is 0 Å². The minimum Gasteiger partial charge on any atom is -0.443 e. The van der Waals surface area contributed by atoms with E-state index in [-0.39, 0.29) is 0 Å². The lowest BCUT2D eigenvalue weighted by atomic mass is 10.4. The molecule has 2 nitrogen and oxygen atoms in total. The number of benzene rings is 3. The van der Waals surface area contributed by atoms with Gasteiger partial charge in [0.05, 0.1) is 0 Å². The highest BCUT2D eigenvalue weighted by Gasteiger charge is 2.26. The Morgan fingerprint density at radius 1 is 0.808 bits per heavy atom. The van der Waals surface area contributed by atoms with Gasteiger partial charge in [0.25, 0.3) is 0 Å². The van der Waals surface area contributed by atoms with Crippen LogP contribution in [-0.4, -0.2) is 17.3 Å². The minimum atomic E-state index is -2.32. The molecule has 0 radical (unpaired) electrons. The molecule has 0 amide bonds. The summed E-state index contributed by atoms with van der Waals surface area (Å²) in [5.74, 6) is 1.32. The molecule has 26 heavy (non-hydrogen) atoms. The van der Waals surface area contributed by atoms with Crippen LogP contribution in [0.2, 0.25) is 0 Å². The number of hydrogen-bond donors (Lipinski definition) is 0. The van der Waals surface area contributed by atoms with Crippen molar-refractivity contribution >= 4 is 46.2 Å². The van der Waals surface area contributed by atoms with Gasteiger partial charge < -0.3 is 4.74 Å². The Labute approximate surface area is 159 Å². The van der Waals surface area contributed by atoms with Gasteiger partial charge in [-0.05, 0) is 29.7 Å². The standard InChI is InChI=1S/C22H20ClO2P/c1-18(23)25-22(24)17-26(19-11-5-2-6-12-19,20-13-7-3-8-14-20)21-15-9-4-10-16-21/h2-18H,1H3. The topological polar surface area (TPSA) is 26.3 Å². The van der Waals surface area contributed by atoms with Crippen LogP contribution in [0.5, 0.6) is 0 Å². The predicted molar refractivity (Wildman–Crippen MR) is 113 cm³/mol. The SMILES string of the molecule is CC(Cl)OC(=O)C=P(c1ccccc1)(c1ccccc1)c1ccccc1. The normalized spacial score (nSPS) is 12.2. The highest BCUT2D eigenvalue weighted by Crippen LogP contribution is 2.43. The molecule has 1 unspecified atom stereocenters. The van der Waals surface area contributed by atoms with Crippen molar-refractivity contribution in [3.05, 3.63) is 91.0 Å². The van der Waals surface area contributed by atoms with E-state index in [1.807, 2.05) is 54.6 Å². The first-order valence-corrected chi connectivity index (χ1v) is 10.7. The van der Waals surface area contributed by atoms with Crippen molar-refractivity contribution in [3.8, 4) is 0 Å². The summed E-state index contributed by atoms with van der Waals surface area (Å²) < 4.78 is 5.27. The summed E-state index contributed by atoms with van der Waals surface area (Å²) in [5, 5.41) is 3.28. The van der Waals surface area contributed by atoms with Crippen LogP contribution in [0.1, 0.15) is 6.92 Å². The van der Waals surface area contributed by atoms with Gasteiger partial charge in [-0.25, -0.2) is 4.79 Å². The number of halogens is 1. The summed E-state index contributed by atoms with van der Waals surface area (Å²) in [6.07, 6.45) is 0. The number of hydrogen-bond acceptors (Lipinski definition) is 2. The number of ether oxygens (including phenoxy) is 1. The van der Waals surface area contributed by atoms with Crippen LogP contribution in [0.4, 0.5) is 0 Å². The van der Waals surface area contributed by atoms with Gasteiger partial charge in [-0.15, -0.1) is 0 Å². The Morgan fingerprint density at radius 3 is 1.46 bits per heavy atom. The fraction of sp³-hybridized carbons (Fsp3) is 0.0909. The fourth-order valence-corrected chi connectivity index (χ4v) is 6.74. The predicted octanol–water partition coefficient (Wildman–Crippen LogP) is 3.91. The van der Waals surface area contributed by atoms with Crippen LogP contribution in [0.25, 0.3) is 0 Å². The molecule has 0 aromatic heterocycles. The Kier molecular flexibility index (Phi) is 5.98. The molecule has 0 N–H and O–H groups in total. The van der Waals surface area contributed by atoms with E-state index < -0.39 is 18.4 Å². The third kappa shape index (κ3) is 3.93. The lowest BCUT2D eigenvalue weighted by Crippen LogP contribution is -2.29. The molecule has 0 aliphatic rings. The van der Waals surface area contributed by atoms with Crippen molar-refractivity contribution in [3.63, 3.8) is 0 Å². The molecule has 0 saturated heterocycles. The van der Waals surface area contributed by atoms with Gasteiger partial charge in [-0.3, -0.25) is 0 Å². The van der Waals surface area contributed by atoms with Crippen molar-refractivity contribution in [1.29, 1.82) is 0 Å². The van der Waals surface area contributed by atoms with E-state index in [2.05, 4.69) is 36.4 Å². The van der Waals surface area contributed by atoms with E-state index in [0.717, 1.165) is 15.9 Å². The molecule has 0 aliphatic heterocycles. The lowest BCUT2D eigenvalue weighted by Gasteiger charge is -2.28. The molecule has 4 heteroatoms. The fourth-order valence-electron chi connectivity index (χ4n) is 3.01. The van der Waals surface area contributed by atoms with Crippen LogP contribution >= 0.6 is 18.5 Å². The number of carbonyl (C=O) groups excluding carboxylic acids is 1. The highest BCUT2D eigenvalue weighted by atomic mass is 35.5. The quantitative estimate of drug-likeness (QED) is 0.380. The molecule has 0 fully saturated rings. The Hall–Kier alpha value is -2.28. The zero-order chi connectivity index (χ0) is 18.4. The Balaban J connectivity index is 2.36. The first kappa shape index (κ1) is 18.5. The van der Waals surface area contributed by atoms with E-state index in [9.17, 15) is 4.79 Å². The van der Waals surface area contributed by atoms with Crippen LogP contribution in [0.15, 0.2) is 91.0 Å².